The zero-order valence-electron chi connectivity index (χ0n) is 22.4. The number of benzene rings is 2. The van der Waals surface area contributed by atoms with Gasteiger partial charge in [0.15, 0.2) is 34.7 Å². The van der Waals surface area contributed by atoms with Crippen LogP contribution in [0, 0.1) is 0 Å². The van der Waals surface area contributed by atoms with Gasteiger partial charge >= 0.3 is 0 Å². The highest BCUT2D eigenvalue weighted by molar-refractivity contribution is 5.89. The Hall–Kier alpha value is -3.75. The molecule has 17 heteroatoms. The van der Waals surface area contributed by atoms with E-state index in [-0.39, 0.29) is 16.9 Å². The lowest BCUT2D eigenvalue weighted by molar-refractivity contribution is -0.323. The fourth-order valence-electron chi connectivity index (χ4n) is 4.85. The molecule has 240 valence electrons. The summed E-state index contributed by atoms with van der Waals surface area (Å²) in [5.41, 5.74) is -0.954. The van der Waals surface area contributed by atoms with Crippen molar-refractivity contribution >= 4 is 11.0 Å². The van der Waals surface area contributed by atoms with Crippen molar-refractivity contribution in [1.82, 2.24) is 0 Å². The number of aromatic hydroxyl groups is 4. The molecule has 2 saturated heterocycles. The summed E-state index contributed by atoms with van der Waals surface area (Å²) in [5, 5.41) is 111. The van der Waals surface area contributed by atoms with E-state index >= 15 is 0 Å². The molecule has 0 aliphatic carbocycles. The molecule has 0 saturated carbocycles. The smallest absolute Gasteiger partial charge is 0.229 e. The van der Waals surface area contributed by atoms with E-state index in [0.717, 1.165) is 24.3 Å². The maximum absolute atomic E-state index is 12.8. The molecule has 0 bridgehead atoms. The first kappa shape index (κ1) is 31.7. The highest BCUT2D eigenvalue weighted by Gasteiger charge is 2.48. The van der Waals surface area contributed by atoms with E-state index in [0.29, 0.717) is 0 Å². The Kier molecular flexibility index (Phi) is 8.87. The van der Waals surface area contributed by atoms with Crippen LogP contribution in [0.25, 0.3) is 22.3 Å². The number of ether oxygens (including phenoxy) is 4. The molecule has 5 rings (SSSR count). The molecular weight excluding hydrogens is 596 g/mol. The van der Waals surface area contributed by atoms with Crippen molar-refractivity contribution < 1.29 is 79.5 Å². The molecule has 3 heterocycles. The van der Waals surface area contributed by atoms with Gasteiger partial charge in [0, 0.05) is 17.7 Å². The van der Waals surface area contributed by atoms with Crippen molar-refractivity contribution in [2.24, 2.45) is 0 Å². The molecule has 10 atom stereocenters. The Morgan fingerprint density at radius 2 is 1.34 bits per heavy atom. The van der Waals surface area contributed by atoms with Gasteiger partial charge < -0.3 is 79.5 Å². The highest BCUT2D eigenvalue weighted by atomic mass is 16.7. The van der Waals surface area contributed by atoms with Crippen molar-refractivity contribution in [3.63, 3.8) is 0 Å². The van der Waals surface area contributed by atoms with Gasteiger partial charge in [-0.05, 0) is 18.2 Å². The number of rotatable bonds is 7. The van der Waals surface area contributed by atoms with Crippen LogP contribution in [0.5, 0.6) is 28.7 Å². The van der Waals surface area contributed by atoms with Crippen LogP contribution in [0.3, 0.4) is 0 Å². The van der Waals surface area contributed by atoms with Gasteiger partial charge in [0.05, 0.1) is 13.2 Å². The number of aliphatic hydroxyl groups excluding tert-OH is 7. The number of phenols is 4. The molecule has 2 aromatic carbocycles. The average Bonchev–Trinajstić information content (AvgIpc) is 2.99. The third-order valence-corrected chi connectivity index (χ3v) is 7.38. The Morgan fingerprint density at radius 3 is 2.00 bits per heavy atom. The van der Waals surface area contributed by atoms with E-state index in [9.17, 15) is 61.0 Å². The zero-order valence-corrected chi connectivity index (χ0v) is 22.4. The predicted octanol–water partition coefficient (Wildman–Crippen LogP) is -2.71. The maximum atomic E-state index is 12.8. The molecule has 3 aromatic rings. The first-order valence-electron chi connectivity index (χ1n) is 13.2. The Morgan fingerprint density at radius 1 is 0.705 bits per heavy atom. The zero-order chi connectivity index (χ0) is 32.0. The summed E-state index contributed by atoms with van der Waals surface area (Å²) in [5.74, 6) is -3.55. The lowest BCUT2D eigenvalue weighted by Gasteiger charge is -2.42. The van der Waals surface area contributed by atoms with E-state index in [4.69, 9.17) is 23.4 Å². The fourth-order valence-corrected chi connectivity index (χ4v) is 4.85. The van der Waals surface area contributed by atoms with Gasteiger partial charge in [0.1, 0.15) is 65.6 Å². The quantitative estimate of drug-likeness (QED) is 0.119. The topological polar surface area (TPSA) is 290 Å². The number of fused-ring (bicyclic) bond motifs is 1. The number of hydrogen-bond donors (Lipinski definition) is 11. The number of phenolic OH excluding ortho intramolecular Hbond substituents is 4. The predicted molar refractivity (Wildman–Crippen MR) is 142 cm³/mol. The summed E-state index contributed by atoms with van der Waals surface area (Å²) in [6.45, 7) is -1.38. The first-order valence-corrected chi connectivity index (χ1v) is 13.2. The van der Waals surface area contributed by atoms with Crippen molar-refractivity contribution in [3.8, 4) is 40.1 Å². The number of hydrogen-bond acceptors (Lipinski definition) is 17. The molecule has 2 fully saturated rings. The van der Waals surface area contributed by atoms with Crippen LogP contribution < -0.4 is 10.2 Å². The van der Waals surface area contributed by atoms with E-state index < -0.39 is 114 Å². The Labute approximate surface area is 246 Å². The molecule has 17 nitrogen and oxygen atoms in total. The third-order valence-electron chi connectivity index (χ3n) is 7.38. The van der Waals surface area contributed by atoms with Gasteiger partial charge in [0.2, 0.25) is 12.0 Å². The summed E-state index contributed by atoms with van der Waals surface area (Å²) in [4.78, 5) is 12.8. The molecular formula is C27H30O17. The van der Waals surface area contributed by atoms with Crippen LogP contribution in [0.4, 0.5) is 0 Å². The minimum absolute atomic E-state index is 0.105. The van der Waals surface area contributed by atoms with Crippen LogP contribution >= 0.6 is 0 Å². The van der Waals surface area contributed by atoms with Crippen LogP contribution in [0.15, 0.2) is 39.5 Å². The van der Waals surface area contributed by atoms with Gasteiger partial charge in [-0.1, -0.05) is 0 Å². The van der Waals surface area contributed by atoms with Crippen molar-refractivity contribution in [3.05, 3.63) is 40.6 Å². The summed E-state index contributed by atoms with van der Waals surface area (Å²) >= 11 is 0. The molecule has 2 aliphatic heterocycles. The van der Waals surface area contributed by atoms with E-state index in [1.807, 2.05) is 0 Å². The van der Waals surface area contributed by atoms with Gasteiger partial charge in [-0.15, -0.1) is 0 Å². The van der Waals surface area contributed by atoms with Crippen LogP contribution in [-0.2, 0) is 14.2 Å². The van der Waals surface area contributed by atoms with Gasteiger partial charge in [-0.2, -0.15) is 0 Å². The Balaban J connectivity index is 1.39. The SMILES string of the molecule is O=c1cc(-c2ccc(O)c(O)c2)oc2cc(OC3OC(COC4OC(CO)C(O)C(O)C4O)C(O)C(O)C3O)c(O)c(O)c12. The number of aliphatic hydroxyl groups is 7. The summed E-state index contributed by atoms with van der Waals surface area (Å²) in [7, 11) is 0. The molecule has 0 amide bonds. The Bertz CT molecular complexity index is 1560. The second-order valence-electron chi connectivity index (χ2n) is 10.3. The first-order chi connectivity index (χ1) is 20.8. The van der Waals surface area contributed by atoms with Crippen LogP contribution in [0.1, 0.15) is 0 Å². The maximum Gasteiger partial charge on any atom is 0.229 e. The second kappa shape index (κ2) is 12.3. The average molecular weight is 627 g/mol. The minimum atomic E-state index is -1.94. The second-order valence-corrected chi connectivity index (χ2v) is 10.3. The molecule has 10 unspecified atom stereocenters. The van der Waals surface area contributed by atoms with E-state index in [2.05, 4.69) is 0 Å². The minimum Gasteiger partial charge on any atom is -0.504 e. The summed E-state index contributed by atoms with van der Waals surface area (Å²) < 4.78 is 27.3. The molecule has 11 N–H and O–H groups in total. The third kappa shape index (κ3) is 5.73. The fraction of sp³-hybridized carbons (Fsp3) is 0.444. The summed E-state index contributed by atoms with van der Waals surface area (Å²) in [6.07, 6.45) is -17.1. The molecule has 0 spiro atoms. The van der Waals surface area contributed by atoms with Crippen molar-refractivity contribution in [2.75, 3.05) is 13.2 Å². The molecule has 1 aromatic heterocycles. The van der Waals surface area contributed by atoms with E-state index in [1.165, 1.54) is 6.07 Å². The highest BCUT2D eigenvalue weighted by Crippen LogP contribution is 2.43. The lowest BCUT2D eigenvalue weighted by atomic mass is 9.98. The van der Waals surface area contributed by atoms with Gasteiger partial charge in [-0.3, -0.25) is 4.79 Å². The normalized spacial score (nSPS) is 32.5. The van der Waals surface area contributed by atoms with Gasteiger partial charge in [-0.25, -0.2) is 0 Å². The monoisotopic (exact) mass is 626 g/mol. The van der Waals surface area contributed by atoms with Gasteiger partial charge in [0.25, 0.3) is 0 Å². The molecule has 0 radical (unpaired) electrons. The largest absolute Gasteiger partial charge is 0.504 e. The molecule has 2 aliphatic rings. The molecule has 44 heavy (non-hydrogen) atoms. The van der Waals surface area contributed by atoms with Crippen LogP contribution in [-0.4, -0.2) is 131 Å². The lowest BCUT2D eigenvalue weighted by Crippen LogP contribution is -2.62. The van der Waals surface area contributed by atoms with Crippen molar-refractivity contribution in [2.45, 2.75) is 61.4 Å². The standard InChI is InChI=1S/C27H30O17/c28-6-15-19(33)22(36)24(38)26(43-15)40-7-16-20(34)23(37)25(39)27(44-16)42-14-5-13-17(21(35)18(14)32)11(31)4-12(41-13)8-1-2-9(29)10(30)3-8/h1-5,15-16,19-20,22-30,32-39H,6-7H2. The van der Waals surface area contributed by atoms with E-state index in [1.54, 1.807) is 0 Å². The van der Waals surface area contributed by atoms with Crippen LogP contribution in [0.2, 0.25) is 0 Å². The van der Waals surface area contributed by atoms with Crippen molar-refractivity contribution in [1.29, 1.82) is 0 Å². The summed E-state index contributed by atoms with van der Waals surface area (Å²) in [6, 6.07) is 5.55.